The largest absolute Gasteiger partial charge is 0.496 e. The van der Waals surface area contributed by atoms with E-state index in [1.807, 2.05) is 0 Å². The zero-order valence-corrected chi connectivity index (χ0v) is 26.8. The minimum absolute atomic E-state index is 0.0186. The number of nitrogens with zero attached hydrogens (tertiary/aromatic N) is 2. The molecule has 1 aliphatic carbocycles. The number of hydrogen-bond acceptors (Lipinski definition) is 7. The highest BCUT2D eigenvalue weighted by Gasteiger charge is 2.45. The summed E-state index contributed by atoms with van der Waals surface area (Å²) in [6.45, 7) is 3.57. The molecule has 44 heavy (non-hydrogen) atoms. The number of aldehydes is 1. The first kappa shape index (κ1) is 32.3. The third-order valence-electron chi connectivity index (χ3n) is 9.83. The lowest BCUT2D eigenvalue weighted by Crippen LogP contribution is -2.53. The Morgan fingerprint density at radius 1 is 1.07 bits per heavy atom. The van der Waals surface area contributed by atoms with Gasteiger partial charge < -0.3 is 19.1 Å². The van der Waals surface area contributed by atoms with Crippen molar-refractivity contribution in [2.24, 2.45) is 5.92 Å². The molecule has 0 aromatic heterocycles. The van der Waals surface area contributed by atoms with Crippen LogP contribution in [0, 0.1) is 5.92 Å². The number of fused-ring (bicyclic) bond motifs is 3. The number of carbonyl (C=O) groups excluding carboxylic acids is 3. The minimum atomic E-state index is -0.548. The Morgan fingerprint density at radius 2 is 1.84 bits per heavy atom. The SMILES string of the molecule is COc1cc(OCC(=O)N(C)CCCCc2cccc(C3(C(=O)OC4CN5CCC4CC5)CCCCC3)c2)c(Cl)cc1C=O. The van der Waals surface area contributed by atoms with Gasteiger partial charge in [0.05, 0.1) is 23.1 Å². The van der Waals surface area contributed by atoms with E-state index in [0.717, 1.165) is 83.0 Å². The van der Waals surface area contributed by atoms with Crippen molar-refractivity contribution in [2.45, 2.75) is 75.7 Å². The monoisotopic (exact) mass is 624 g/mol. The van der Waals surface area contributed by atoms with Crippen LogP contribution in [0.15, 0.2) is 36.4 Å². The van der Waals surface area contributed by atoms with Crippen molar-refractivity contribution in [3.05, 3.63) is 58.1 Å². The molecule has 4 fully saturated rings. The molecular weight excluding hydrogens is 580 g/mol. The van der Waals surface area contributed by atoms with E-state index >= 15 is 0 Å². The zero-order valence-electron chi connectivity index (χ0n) is 26.0. The molecule has 2 aromatic rings. The van der Waals surface area contributed by atoms with Crippen LogP contribution in [-0.4, -0.2) is 81.0 Å². The van der Waals surface area contributed by atoms with Crippen LogP contribution < -0.4 is 9.47 Å². The van der Waals surface area contributed by atoms with Gasteiger partial charge in [-0.15, -0.1) is 0 Å². The van der Waals surface area contributed by atoms with Crippen LogP contribution in [-0.2, 0) is 26.2 Å². The van der Waals surface area contributed by atoms with E-state index in [1.54, 1.807) is 11.9 Å². The van der Waals surface area contributed by atoms with Gasteiger partial charge in [0.25, 0.3) is 5.91 Å². The van der Waals surface area contributed by atoms with Crippen LogP contribution in [0.5, 0.6) is 11.5 Å². The number of hydrogen-bond donors (Lipinski definition) is 0. The Kier molecular flexibility index (Phi) is 10.9. The second-order valence-electron chi connectivity index (χ2n) is 12.6. The van der Waals surface area contributed by atoms with Crippen molar-refractivity contribution in [1.82, 2.24) is 9.80 Å². The lowest BCUT2D eigenvalue weighted by molar-refractivity contribution is -0.167. The summed E-state index contributed by atoms with van der Waals surface area (Å²) in [5, 5.41) is 0.243. The van der Waals surface area contributed by atoms with Crippen LogP contribution >= 0.6 is 11.6 Å². The second-order valence-corrected chi connectivity index (χ2v) is 13.0. The quantitative estimate of drug-likeness (QED) is 0.157. The van der Waals surface area contributed by atoms with Crippen LogP contribution in [0.3, 0.4) is 0 Å². The molecule has 3 aliphatic heterocycles. The number of piperidine rings is 3. The fourth-order valence-corrected chi connectivity index (χ4v) is 7.29. The van der Waals surface area contributed by atoms with Gasteiger partial charge >= 0.3 is 5.97 Å². The van der Waals surface area contributed by atoms with Crippen LogP contribution in [0.1, 0.15) is 79.3 Å². The number of halogens is 1. The van der Waals surface area contributed by atoms with Gasteiger partial charge in [-0.2, -0.15) is 0 Å². The molecule has 0 spiro atoms. The number of methoxy groups -OCH3 is 1. The van der Waals surface area contributed by atoms with Gasteiger partial charge in [-0.05, 0) is 81.1 Å². The number of benzene rings is 2. The van der Waals surface area contributed by atoms with E-state index in [2.05, 4.69) is 29.2 Å². The number of unbranched alkanes of at least 4 members (excludes halogenated alkanes) is 1. The van der Waals surface area contributed by atoms with Gasteiger partial charge in [-0.1, -0.05) is 55.1 Å². The maximum atomic E-state index is 13.9. The highest BCUT2D eigenvalue weighted by molar-refractivity contribution is 6.32. The Morgan fingerprint density at radius 3 is 2.52 bits per heavy atom. The summed E-state index contributed by atoms with van der Waals surface area (Å²) in [5.41, 5.74) is 2.08. The molecule has 1 unspecified atom stereocenters. The number of likely N-dealkylation sites (N-methyl/N-ethyl adjacent to an activating group) is 1. The predicted octanol–water partition coefficient (Wildman–Crippen LogP) is 5.86. The van der Waals surface area contributed by atoms with Crippen LogP contribution in [0.4, 0.5) is 0 Å². The highest BCUT2D eigenvalue weighted by Crippen LogP contribution is 2.42. The molecule has 8 nitrogen and oxygen atoms in total. The second kappa shape index (κ2) is 14.8. The van der Waals surface area contributed by atoms with E-state index in [9.17, 15) is 14.4 Å². The summed E-state index contributed by atoms with van der Waals surface area (Å²) in [6, 6.07) is 11.5. The smallest absolute Gasteiger partial charge is 0.316 e. The maximum absolute atomic E-state index is 13.9. The summed E-state index contributed by atoms with van der Waals surface area (Å²) >= 11 is 6.21. The van der Waals surface area contributed by atoms with Gasteiger partial charge in [0, 0.05) is 26.2 Å². The van der Waals surface area contributed by atoms with E-state index in [4.69, 9.17) is 25.8 Å². The van der Waals surface area contributed by atoms with Crippen molar-refractivity contribution in [2.75, 3.05) is 46.9 Å². The van der Waals surface area contributed by atoms with Crippen LogP contribution in [0.2, 0.25) is 5.02 Å². The molecule has 3 saturated heterocycles. The molecule has 1 saturated carbocycles. The molecule has 2 bridgehead atoms. The van der Waals surface area contributed by atoms with Gasteiger partial charge in [-0.25, -0.2) is 0 Å². The number of aryl methyl sites for hydroxylation is 1. The summed E-state index contributed by atoms with van der Waals surface area (Å²) < 4.78 is 17.2. The van der Waals surface area contributed by atoms with Gasteiger partial charge in [-0.3, -0.25) is 19.3 Å². The molecule has 6 rings (SSSR count). The van der Waals surface area contributed by atoms with Gasteiger partial charge in [0.15, 0.2) is 12.9 Å². The van der Waals surface area contributed by atoms with Gasteiger partial charge in [0.1, 0.15) is 17.6 Å². The number of rotatable bonds is 13. The van der Waals surface area contributed by atoms with Gasteiger partial charge in [0.2, 0.25) is 0 Å². The molecule has 0 radical (unpaired) electrons. The Balaban J connectivity index is 1.12. The zero-order chi connectivity index (χ0) is 31.1. The molecular formula is C35H45ClN2O6. The predicted molar refractivity (Wildman–Crippen MR) is 170 cm³/mol. The molecule has 9 heteroatoms. The first-order valence-electron chi connectivity index (χ1n) is 16.1. The molecule has 0 N–H and O–H groups in total. The third-order valence-corrected chi connectivity index (χ3v) is 10.1. The molecule has 238 valence electrons. The Labute approximate surface area is 266 Å². The summed E-state index contributed by atoms with van der Waals surface area (Å²) in [4.78, 5) is 41.9. The first-order valence-corrected chi connectivity index (χ1v) is 16.4. The summed E-state index contributed by atoms with van der Waals surface area (Å²) in [6.07, 6.45) is 10.5. The molecule has 3 heterocycles. The van der Waals surface area contributed by atoms with Crippen molar-refractivity contribution in [1.29, 1.82) is 0 Å². The Bertz CT molecular complexity index is 1320. The van der Waals surface area contributed by atoms with Crippen LogP contribution in [0.25, 0.3) is 0 Å². The Hall–Kier alpha value is -3.10. The average Bonchev–Trinajstić information content (AvgIpc) is 3.06. The van der Waals surface area contributed by atoms with Crippen molar-refractivity contribution in [3.8, 4) is 11.5 Å². The fourth-order valence-electron chi connectivity index (χ4n) is 7.07. The van der Waals surface area contributed by atoms with E-state index < -0.39 is 5.41 Å². The van der Waals surface area contributed by atoms with E-state index in [0.29, 0.717) is 35.8 Å². The third kappa shape index (κ3) is 7.40. The maximum Gasteiger partial charge on any atom is 0.316 e. The van der Waals surface area contributed by atoms with Crippen molar-refractivity contribution < 1.29 is 28.6 Å². The molecule has 2 aromatic carbocycles. The number of carbonyl (C=O) groups is 3. The minimum Gasteiger partial charge on any atom is -0.496 e. The number of amides is 1. The summed E-state index contributed by atoms with van der Waals surface area (Å²) in [7, 11) is 3.22. The number of esters is 1. The highest BCUT2D eigenvalue weighted by atomic mass is 35.5. The van der Waals surface area contributed by atoms with Crippen molar-refractivity contribution in [3.63, 3.8) is 0 Å². The van der Waals surface area contributed by atoms with E-state index in [-0.39, 0.29) is 29.6 Å². The first-order chi connectivity index (χ1) is 21.3. The standard InChI is InChI=1S/C35H45ClN2O6/c1-37(33(40)24-43-31-21-30(42-2)27(23-39)20-29(31)36)16-7-4-9-25-10-8-11-28(19-25)35(14-5-3-6-15-35)34(41)44-32-22-38-17-12-26(32)13-18-38/h8,10-11,19-21,23,26,32H,3-7,9,12-18,22,24H2,1-2H3. The molecule has 1 amide bonds. The normalized spacial score (nSPS) is 22.2. The molecule has 4 aliphatic rings. The van der Waals surface area contributed by atoms with E-state index in [1.165, 1.54) is 31.2 Å². The fraction of sp³-hybridized carbons (Fsp3) is 0.571. The lowest BCUT2D eigenvalue weighted by atomic mass is 9.69. The lowest BCUT2D eigenvalue weighted by Gasteiger charge is -2.45. The topological polar surface area (TPSA) is 85.4 Å². The summed E-state index contributed by atoms with van der Waals surface area (Å²) in [5.74, 6) is 0.949. The van der Waals surface area contributed by atoms with Crippen molar-refractivity contribution >= 4 is 29.8 Å². The number of ether oxygens (including phenoxy) is 3. The molecule has 1 atom stereocenters. The average molecular weight is 625 g/mol.